The number of nitrogens with one attached hydrogen (secondary N) is 1. The van der Waals surface area contributed by atoms with Crippen LogP contribution in [0.3, 0.4) is 0 Å². The van der Waals surface area contributed by atoms with Crippen molar-refractivity contribution in [3.8, 4) is 5.88 Å². The van der Waals surface area contributed by atoms with E-state index in [2.05, 4.69) is 20.3 Å². The van der Waals surface area contributed by atoms with E-state index < -0.39 is 0 Å². The topological polar surface area (TPSA) is 103 Å². The minimum Gasteiger partial charge on any atom is -0.477 e. The minimum absolute atomic E-state index is 0.101. The molecule has 2 aromatic rings. The molecule has 2 rings (SSSR count). The first-order valence-corrected chi connectivity index (χ1v) is 6.63. The Kier molecular flexibility index (Phi) is 5.03. The standard InChI is InChI=1S/C14H17N5O2/c1-2-8-21-14-10(4-3-5-18-14)9-19-13(20)11-12(15)17-7-6-16-11/h3-7H,2,8-9H2,1H3,(H2,15,17)(H,19,20). The number of nitrogens with two attached hydrogens (primary N) is 1. The summed E-state index contributed by atoms with van der Waals surface area (Å²) in [6.45, 7) is 2.87. The van der Waals surface area contributed by atoms with Crippen molar-refractivity contribution in [1.82, 2.24) is 20.3 Å². The van der Waals surface area contributed by atoms with Crippen LogP contribution in [0, 0.1) is 0 Å². The van der Waals surface area contributed by atoms with Crippen molar-refractivity contribution in [2.75, 3.05) is 12.3 Å². The highest BCUT2D eigenvalue weighted by Gasteiger charge is 2.13. The van der Waals surface area contributed by atoms with Gasteiger partial charge in [0.15, 0.2) is 11.5 Å². The Labute approximate surface area is 122 Å². The van der Waals surface area contributed by atoms with Crippen molar-refractivity contribution in [3.05, 3.63) is 42.0 Å². The van der Waals surface area contributed by atoms with Crippen LogP contribution < -0.4 is 15.8 Å². The van der Waals surface area contributed by atoms with Gasteiger partial charge in [-0.2, -0.15) is 0 Å². The van der Waals surface area contributed by atoms with E-state index in [1.54, 1.807) is 12.3 Å². The first-order chi connectivity index (χ1) is 10.2. The number of ether oxygens (including phenoxy) is 1. The van der Waals surface area contributed by atoms with Gasteiger partial charge in [0.2, 0.25) is 5.88 Å². The number of amides is 1. The molecular formula is C14H17N5O2. The third-order valence-corrected chi connectivity index (χ3v) is 2.67. The molecule has 0 aromatic carbocycles. The fraction of sp³-hybridized carbons (Fsp3) is 0.286. The third-order valence-electron chi connectivity index (χ3n) is 2.67. The number of hydrogen-bond acceptors (Lipinski definition) is 6. The van der Waals surface area contributed by atoms with Crippen LogP contribution in [-0.2, 0) is 6.54 Å². The summed E-state index contributed by atoms with van der Waals surface area (Å²) in [4.78, 5) is 23.9. The zero-order valence-corrected chi connectivity index (χ0v) is 11.7. The van der Waals surface area contributed by atoms with Gasteiger partial charge in [-0.25, -0.2) is 15.0 Å². The molecule has 7 nitrogen and oxygen atoms in total. The zero-order chi connectivity index (χ0) is 15.1. The number of pyridine rings is 1. The fourth-order valence-electron chi connectivity index (χ4n) is 1.67. The molecule has 0 aliphatic rings. The van der Waals surface area contributed by atoms with Gasteiger partial charge in [-0.1, -0.05) is 13.0 Å². The first kappa shape index (κ1) is 14.7. The van der Waals surface area contributed by atoms with Gasteiger partial charge < -0.3 is 15.8 Å². The normalized spacial score (nSPS) is 10.1. The second-order valence-corrected chi connectivity index (χ2v) is 4.29. The van der Waals surface area contributed by atoms with Gasteiger partial charge in [0.25, 0.3) is 5.91 Å². The van der Waals surface area contributed by atoms with Crippen LogP contribution in [0.25, 0.3) is 0 Å². The van der Waals surface area contributed by atoms with Crippen LogP contribution >= 0.6 is 0 Å². The van der Waals surface area contributed by atoms with E-state index in [1.807, 2.05) is 13.0 Å². The largest absolute Gasteiger partial charge is 0.477 e. The van der Waals surface area contributed by atoms with Gasteiger partial charge in [0.1, 0.15) is 0 Å². The lowest BCUT2D eigenvalue weighted by Crippen LogP contribution is -2.25. The second kappa shape index (κ2) is 7.18. The van der Waals surface area contributed by atoms with Crippen molar-refractivity contribution >= 4 is 11.7 Å². The molecule has 0 unspecified atom stereocenters. The van der Waals surface area contributed by atoms with Crippen LogP contribution in [0.1, 0.15) is 29.4 Å². The molecule has 0 aliphatic carbocycles. The minimum atomic E-state index is -0.383. The molecule has 0 fully saturated rings. The molecule has 21 heavy (non-hydrogen) atoms. The van der Waals surface area contributed by atoms with E-state index in [-0.39, 0.29) is 24.0 Å². The number of nitrogens with zero attached hydrogens (tertiary/aromatic N) is 3. The summed E-state index contributed by atoms with van der Waals surface area (Å²) in [5.41, 5.74) is 6.52. The lowest BCUT2D eigenvalue weighted by molar-refractivity contribution is 0.0946. The smallest absolute Gasteiger partial charge is 0.273 e. The van der Waals surface area contributed by atoms with Crippen molar-refractivity contribution in [2.24, 2.45) is 0 Å². The van der Waals surface area contributed by atoms with Crippen molar-refractivity contribution < 1.29 is 9.53 Å². The predicted molar refractivity (Wildman–Crippen MR) is 77.6 cm³/mol. The molecule has 0 atom stereocenters. The fourth-order valence-corrected chi connectivity index (χ4v) is 1.67. The van der Waals surface area contributed by atoms with Gasteiger partial charge in [0.05, 0.1) is 6.61 Å². The Morgan fingerprint density at radius 1 is 1.29 bits per heavy atom. The van der Waals surface area contributed by atoms with E-state index in [9.17, 15) is 4.79 Å². The average Bonchev–Trinajstić information content (AvgIpc) is 2.52. The Bertz CT molecular complexity index is 618. The van der Waals surface area contributed by atoms with Gasteiger partial charge in [0, 0.05) is 30.7 Å². The molecule has 0 aliphatic heterocycles. The van der Waals surface area contributed by atoms with Crippen LogP contribution in [-0.4, -0.2) is 27.5 Å². The maximum absolute atomic E-state index is 12.0. The number of hydrogen-bond donors (Lipinski definition) is 2. The van der Waals surface area contributed by atoms with Crippen LogP contribution in [0.2, 0.25) is 0 Å². The van der Waals surface area contributed by atoms with Gasteiger partial charge in [-0.05, 0) is 12.5 Å². The maximum Gasteiger partial charge on any atom is 0.273 e. The Morgan fingerprint density at radius 3 is 2.86 bits per heavy atom. The van der Waals surface area contributed by atoms with E-state index in [0.29, 0.717) is 12.5 Å². The molecule has 2 heterocycles. The molecule has 0 radical (unpaired) electrons. The highest BCUT2D eigenvalue weighted by molar-refractivity contribution is 5.96. The lowest BCUT2D eigenvalue weighted by Gasteiger charge is -2.10. The third kappa shape index (κ3) is 3.88. The van der Waals surface area contributed by atoms with Gasteiger partial charge in [-0.15, -0.1) is 0 Å². The molecule has 110 valence electrons. The van der Waals surface area contributed by atoms with E-state index >= 15 is 0 Å². The van der Waals surface area contributed by atoms with E-state index in [4.69, 9.17) is 10.5 Å². The highest BCUT2D eigenvalue weighted by atomic mass is 16.5. The van der Waals surface area contributed by atoms with Crippen molar-refractivity contribution in [1.29, 1.82) is 0 Å². The SMILES string of the molecule is CCCOc1ncccc1CNC(=O)c1nccnc1N. The number of nitrogen functional groups attached to an aromatic ring is 1. The van der Waals surface area contributed by atoms with E-state index in [1.165, 1.54) is 12.4 Å². The summed E-state index contributed by atoms with van der Waals surface area (Å²) < 4.78 is 5.53. The molecule has 0 bridgehead atoms. The molecule has 2 aromatic heterocycles. The number of anilines is 1. The summed E-state index contributed by atoms with van der Waals surface area (Å²) in [5, 5.41) is 2.73. The molecule has 0 saturated carbocycles. The Balaban J connectivity index is 2.03. The Hall–Kier alpha value is -2.70. The summed E-state index contributed by atoms with van der Waals surface area (Å²) in [5.74, 6) is 0.237. The Morgan fingerprint density at radius 2 is 2.10 bits per heavy atom. The molecule has 0 spiro atoms. The highest BCUT2D eigenvalue weighted by Crippen LogP contribution is 2.14. The molecule has 1 amide bonds. The van der Waals surface area contributed by atoms with Gasteiger partial charge >= 0.3 is 0 Å². The molecule has 7 heteroatoms. The number of carbonyl (C=O) groups is 1. The van der Waals surface area contributed by atoms with Crippen LogP contribution in [0.15, 0.2) is 30.7 Å². The zero-order valence-electron chi connectivity index (χ0n) is 11.7. The maximum atomic E-state index is 12.0. The summed E-state index contributed by atoms with van der Waals surface area (Å²) in [6, 6.07) is 3.63. The summed E-state index contributed by atoms with van der Waals surface area (Å²) in [7, 11) is 0. The second-order valence-electron chi connectivity index (χ2n) is 4.29. The lowest BCUT2D eigenvalue weighted by atomic mass is 10.2. The van der Waals surface area contributed by atoms with Crippen molar-refractivity contribution in [3.63, 3.8) is 0 Å². The quantitative estimate of drug-likeness (QED) is 0.826. The molecular weight excluding hydrogens is 270 g/mol. The first-order valence-electron chi connectivity index (χ1n) is 6.63. The van der Waals surface area contributed by atoms with Crippen molar-refractivity contribution in [2.45, 2.75) is 19.9 Å². The summed E-state index contributed by atoms with van der Waals surface area (Å²) >= 11 is 0. The number of carbonyl (C=O) groups excluding carboxylic acids is 1. The van der Waals surface area contributed by atoms with E-state index in [0.717, 1.165) is 12.0 Å². The van der Waals surface area contributed by atoms with Crippen LogP contribution in [0.4, 0.5) is 5.82 Å². The summed E-state index contributed by atoms with van der Waals surface area (Å²) in [6.07, 6.45) is 5.39. The average molecular weight is 287 g/mol. The molecule has 3 N–H and O–H groups in total. The monoisotopic (exact) mass is 287 g/mol. The predicted octanol–water partition coefficient (Wildman–Crippen LogP) is 1.17. The van der Waals surface area contributed by atoms with Gasteiger partial charge in [-0.3, -0.25) is 4.79 Å². The number of rotatable bonds is 6. The number of aromatic nitrogens is 3. The molecule has 0 saturated heterocycles. The van der Waals surface area contributed by atoms with Crippen LogP contribution in [0.5, 0.6) is 5.88 Å².